The number of aromatic nitrogens is 1. The second-order valence-corrected chi connectivity index (χ2v) is 7.18. The van der Waals surface area contributed by atoms with Crippen LogP contribution in [0.15, 0.2) is 18.2 Å². The maximum atomic E-state index is 5.78. The Morgan fingerprint density at radius 2 is 1.81 bits per heavy atom. The molecule has 2 heterocycles. The van der Waals surface area contributed by atoms with Gasteiger partial charge in [-0.1, -0.05) is 6.07 Å². The molecule has 0 saturated carbocycles. The predicted molar refractivity (Wildman–Crippen MR) is 86.1 cm³/mol. The summed E-state index contributed by atoms with van der Waals surface area (Å²) in [6.07, 6.45) is 0.610. The van der Waals surface area contributed by atoms with E-state index in [-0.39, 0.29) is 5.54 Å². The number of nitrogens with zero attached hydrogens (tertiary/aromatic N) is 2. The number of hydrogen-bond donors (Lipinski definition) is 1. The molecule has 0 amide bonds. The Morgan fingerprint density at radius 3 is 2.43 bits per heavy atom. The normalized spacial score (nSPS) is 24.2. The molecular weight excluding hydrogens is 262 g/mol. The van der Waals surface area contributed by atoms with Gasteiger partial charge in [-0.3, -0.25) is 9.88 Å². The smallest absolute Gasteiger partial charge is 0.0678 e. The van der Waals surface area contributed by atoms with Gasteiger partial charge >= 0.3 is 0 Å². The molecule has 0 spiro atoms. The standard InChI is InChI=1S/C17H29N3O/c1-13-10-20(11-14(2)21-13)12-16-8-6-7-15(19-16)9-18-17(3,4)5/h6-8,13-14,18H,9-12H2,1-5H3/t13-,14+. The monoisotopic (exact) mass is 291 g/mol. The first-order valence-electron chi connectivity index (χ1n) is 7.89. The van der Waals surface area contributed by atoms with Gasteiger partial charge in [0.15, 0.2) is 0 Å². The summed E-state index contributed by atoms with van der Waals surface area (Å²) in [5.74, 6) is 0. The molecule has 1 fully saturated rings. The van der Waals surface area contributed by atoms with E-state index in [4.69, 9.17) is 9.72 Å². The summed E-state index contributed by atoms with van der Waals surface area (Å²) >= 11 is 0. The Labute approximate surface area is 128 Å². The maximum Gasteiger partial charge on any atom is 0.0678 e. The molecule has 1 N–H and O–H groups in total. The zero-order valence-electron chi connectivity index (χ0n) is 14.0. The van der Waals surface area contributed by atoms with Crippen LogP contribution in [0.2, 0.25) is 0 Å². The van der Waals surface area contributed by atoms with E-state index >= 15 is 0 Å². The van der Waals surface area contributed by atoms with Crippen LogP contribution in [0.4, 0.5) is 0 Å². The largest absolute Gasteiger partial charge is 0.373 e. The van der Waals surface area contributed by atoms with Gasteiger partial charge in [-0.25, -0.2) is 0 Å². The molecular formula is C17H29N3O. The van der Waals surface area contributed by atoms with Crippen molar-refractivity contribution in [2.24, 2.45) is 0 Å². The number of ether oxygens (including phenoxy) is 1. The molecule has 1 saturated heterocycles. The maximum absolute atomic E-state index is 5.78. The third-order valence-corrected chi connectivity index (χ3v) is 3.55. The van der Waals surface area contributed by atoms with E-state index < -0.39 is 0 Å². The number of nitrogens with one attached hydrogen (secondary N) is 1. The summed E-state index contributed by atoms with van der Waals surface area (Å²) in [7, 11) is 0. The van der Waals surface area contributed by atoms with Crippen LogP contribution in [0, 0.1) is 0 Å². The molecule has 4 nitrogen and oxygen atoms in total. The summed E-state index contributed by atoms with van der Waals surface area (Å²) in [5.41, 5.74) is 2.37. The highest BCUT2D eigenvalue weighted by atomic mass is 16.5. The molecule has 2 atom stereocenters. The molecule has 4 heteroatoms. The predicted octanol–water partition coefficient (Wildman–Crippen LogP) is 2.58. The van der Waals surface area contributed by atoms with Crippen molar-refractivity contribution < 1.29 is 4.74 Å². The highest BCUT2D eigenvalue weighted by Crippen LogP contribution is 2.13. The van der Waals surface area contributed by atoms with Gasteiger partial charge in [0, 0.05) is 31.7 Å². The van der Waals surface area contributed by atoms with Gasteiger partial charge < -0.3 is 10.1 Å². The van der Waals surface area contributed by atoms with Gasteiger partial charge in [-0.2, -0.15) is 0 Å². The van der Waals surface area contributed by atoms with Crippen LogP contribution in [-0.2, 0) is 17.8 Å². The van der Waals surface area contributed by atoms with Crippen molar-refractivity contribution in [3.63, 3.8) is 0 Å². The average Bonchev–Trinajstić information content (AvgIpc) is 2.35. The summed E-state index contributed by atoms with van der Waals surface area (Å²) < 4.78 is 5.78. The fraction of sp³-hybridized carbons (Fsp3) is 0.706. The van der Waals surface area contributed by atoms with Crippen LogP contribution in [0.25, 0.3) is 0 Å². The Balaban J connectivity index is 1.94. The van der Waals surface area contributed by atoms with Crippen LogP contribution >= 0.6 is 0 Å². The highest BCUT2D eigenvalue weighted by Gasteiger charge is 2.22. The van der Waals surface area contributed by atoms with Crippen molar-refractivity contribution in [3.8, 4) is 0 Å². The molecule has 1 aliphatic rings. The number of morpholine rings is 1. The van der Waals surface area contributed by atoms with E-state index in [2.05, 4.69) is 63.0 Å². The molecule has 1 aromatic heterocycles. The first-order valence-corrected chi connectivity index (χ1v) is 7.89. The SMILES string of the molecule is C[C@@H]1CN(Cc2cccc(CNC(C)(C)C)n2)C[C@H](C)O1. The van der Waals surface area contributed by atoms with Crippen molar-refractivity contribution in [1.29, 1.82) is 0 Å². The van der Waals surface area contributed by atoms with Crippen LogP contribution in [-0.4, -0.2) is 40.7 Å². The molecule has 0 aromatic carbocycles. The van der Waals surface area contributed by atoms with Crippen LogP contribution < -0.4 is 5.32 Å². The molecule has 0 radical (unpaired) electrons. The van der Waals surface area contributed by atoms with E-state index in [0.29, 0.717) is 12.2 Å². The van der Waals surface area contributed by atoms with Gasteiger partial charge in [0.1, 0.15) is 0 Å². The van der Waals surface area contributed by atoms with Crippen molar-refractivity contribution in [2.75, 3.05) is 13.1 Å². The van der Waals surface area contributed by atoms with Gasteiger partial charge in [0.25, 0.3) is 0 Å². The zero-order chi connectivity index (χ0) is 15.5. The van der Waals surface area contributed by atoms with E-state index in [1.54, 1.807) is 0 Å². The van der Waals surface area contributed by atoms with E-state index in [1.165, 1.54) is 0 Å². The number of hydrogen-bond acceptors (Lipinski definition) is 4. The quantitative estimate of drug-likeness (QED) is 0.925. The van der Waals surface area contributed by atoms with Gasteiger partial charge in [0.05, 0.1) is 23.6 Å². The Bertz CT molecular complexity index is 446. The summed E-state index contributed by atoms with van der Waals surface area (Å²) in [6.45, 7) is 14.5. The minimum atomic E-state index is 0.118. The molecule has 0 bridgehead atoms. The summed E-state index contributed by atoms with van der Waals surface area (Å²) in [6, 6.07) is 6.31. The molecule has 1 aliphatic heterocycles. The lowest BCUT2D eigenvalue weighted by Gasteiger charge is -2.35. The van der Waals surface area contributed by atoms with Gasteiger partial charge in [-0.05, 0) is 46.8 Å². The second kappa shape index (κ2) is 6.86. The van der Waals surface area contributed by atoms with Crippen molar-refractivity contribution in [2.45, 2.75) is 65.5 Å². The fourth-order valence-corrected chi connectivity index (χ4v) is 2.71. The van der Waals surface area contributed by atoms with E-state index in [1.807, 2.05) is 0 Å². The number of pyridine rings is 1. The van der Waals surface area contributed by atoms with Gasteiger partial charge in [-0.15, -0.1) is 0 Å². The molecule has 21 heavy (non-hydrogen) atoms. The first kappa shape index (κ1) is 16.4. The van der Waals surface area contributed by atoms with E-state index in [9.17, 15) is 0 Å². The third kappa shape index (κ3) is 5.73. The van der Waals surface area contributed by atoms with Crippen molar-refractivity contribution >= 4 is 0 Å². The minimum absolute atomic E-state index is 0.118. The van der Waals surface area contributed by atoms with Crippen LogP contribution in [0.5, 0.6) is 0 Å². The minimum Gasteiger partial charge on any atom is -0.373 e. The van der Waals surface area contributed by atoms with Gasteiger partial charge in [0.2, 0.25) is 0 Å². The molecule has 2 rings (SSSR count). The highest BCUT2D eigenvalue weighted by molar-refractivity contribution is 5.11. The third-order valence-electron chi connectivity index (χ3n) is 3.55. The van der Waals surface area contributed by atoms with Crippen LogP contribution in [0.1, 0.15) is 46.0 Å². The Kier molecular flexibility index (Phi) is 5.36. The lowest BCUT2D eigenvalue weighted by Crippen LogP contribution is -2.45. The first-order chi connectivity index (χ1) is 9.82. The summed E-state index contributed by atoms with van der Waals surface area (Å²) in [4.78, 5) is 7.21. The Hall–Kier alpha value is -0.970. The van der Waals surface area contributed by atoms with Crippen LogP contribution in [0.3, 0.4) is 0 Å². The lowest BCUT2D eigenvalue weighted by atomic mass is 10.1. The second-order valence-electron chi connectivity index (χ2n) is 7.18. The lowest BCUT2D eigenvalue weighted by molar-refractivity contribution is -0.0707. The average molecular weight is 291 g/mol. The molecule has 1 aromatic rings. The van der Waals surface area contributed by atoms with E-state index in [0.717, 1.165) is 37.6 Å². The summed E-state index contributed by atoms with van der Waals surface area (Å²) in [5, 5.41) is 3.49. The molecule has 118 valence electrons. The van der Waals surface area contributed by atoms with Crippen molar-refractivity contribution in [1.82, 2.24) is 15.2 Å². The fourth-order valence-electron chi connectivity index (χ4n) is 2.71. The molecule has 0 aliphatic carbocycles. The van der Waals surface area contributed by atoms with Crippen molar-refractivity contribution in [3.05, 3.63) is 29.6 Å². The Morgan fingerprint density at radius 1 is 1.19 bits per heavy atom. The zero-order valence-corrected chi connectivity index (χ0v) is 14.0. The topological polar surface area (TPSA) is 37.4 Å². The number of rotatable bonds is 4. The molecule has 0 unspecified atom stereocenters.